The zero-order chi connectivity index (χ0) is 18.2. The Morgan fingerprint density at radius 1 is 1.43 bits per heavy atom. The number of nitrogens with two attached hydrogens (primary N) is 1. The first-order chi connectivity index (χ1) is 10.6. The van der Waals surface area contributed by atoms with Crippen molar-refractivity contribution in [1.29, 1.82) is 0 Å². The van der Waals surface area contributed by atoms with E-state index in [1.54, 1.807) is 6.08 Å². The number of hydrogen-bond donors (Lipinski definition) is 2. The summed E-state index contributed by atoms with van der Waals surface area (Å²) < 4.78 is 0. The summed E-state index contributed by atoms with van der Waals surface area (Å²) in [7, 11) is 0. The number of Topliss-reactive ketones (excluding diaryl/α,β-unsaturated/α-hetero) is 1. The fraction of sp³-hybridized carbons (Fsp3) is 0.579. The maximum absolute atomic E-state index is 11.1. The van der Waals surface area contributed by atoms with E-state index in [9.17, 15) is 9.59 Å². The lowest BCUT2D eigenvalue weighted by Crippen LogP contribution is -2.02. The van der Waals surface area contributed by atoms with E-state index in [0.29, 0.717) is 12.3 Å². The molecule has 23 heavy (non-hydrogen) atoms. The number of carboxylic acid groups (broad SMARTS) is 1. The summed E-state index contributed by atoms with van der Waals surface area (Å²) in [6.45, 7) is 15.7. The average molecular weight is 321 g/mol. The molecule has 4 nitrogen and oxygen atoms in total. The number of ketones is 1. The molecule has 2 aliphatic carbocycles. The number of allylic oxidation sites excluding steroid dienone is 3. The molecule has 0 amide bonds. The van der Waals surface area contributed by atoms with Gasteiger partial charge in [-0.3, -0.25) is 9.59 Å². The lowest BCUT2D eigenvalue weighted by Gasteiger charge is -1.94. The van der Waals surface area contributed by atoms with Gasteiger partial charge in [0.15, 0.2) is 5.78 Å². The molecule has 0 radical (unpaired) electrons. The van der Waals surface area contributed by atoms with Crippen molar-refractivity contribution in [2.45, 2.75) is 53.4 Å². The van der Waals surface area contributed by atoms with Gasteiger partial charge < -0.3 is 10.8 Å². The highest BCUT2D eigenvalue weighted by atomic mass is 16.4. The summed E-state index contributed by atoms with van der Waals surface area (Å²) in [5, 5.41) is 8.39. The second kappa shape index (κ2) is 9.46. The second-order valence-electron chi connectivity index (χ2n) is 6.92. The molecular formula is C19H31NO3. The van der Waals surface area contributed by atoms with Gasteiger partial charge in [0.25, 0.3) is 0 Å². The molecule has 0 aromatic carbocycles. The first-order valence-corrected chi connectivity index (χ1v) is 7.96. The van der Waals surface area contributed by atoms with Crippen LogP contribution in [-0.2, 0) is 9.59 Å². The van der Waals surface area contributed by atoms with Gasteiger partial charge in [0.05, 0.1) is 5.92 Å². The van der Waals surface area contributed by atoms with Crippen molar-refractivity contribution in [3.05, 3.63) is 36.0 Å². The molecule has 1 unspecified atom stereocenters. The summed E-state index contributed by atoms with van der Waals surface area (Å²) in [5.41, 5.74) is 8.44. The van der Waals surface area contributed by atoms with E-state index < -0.39 is 5.97 Å². The molecule has 1 fully saturated rings. The van der Waals surface area contributed by atoms with Crippen molar-refractivity contribution < 1.29 is 14.7 Å². The smallest absolute Gasteiger partial charge is 0.307 e. The molecule has 0 heterocycles. The highest BCUT2D eigenvalue weighted by molar-refractivity contribution is 5.98. The Balaban J connectivity index is 0.000000335. The molecule has 1 saturated carbocycles. The van der Waals surface area contributed by atoms with Crippen molar-refractivity contribution in [2.75, 3.05) is 6.54 Å². The largest absolute Gasteiger partial charge is 0.481 e. The molecule has 0 aromatic heterocycles. The monoisotopic (exact) mass is 321 g/mol. The summed E-state index contributed by atoms with van der Waals surface area (Å²) in [6.07, 6.45) is 5.08. The van der Waals surface area contributed by atoms with Gasteiger partial charge in [-0.2, -0.15) is 0 Å². The first-order valence-electron chi connectivity index (χ1n) is 7.96. The third-order valence-corrected chi connectivity index (χ3v) is 4.09. The topological polar surface area (TPSA) is 80.4 Å². The van der Waals surface area contributed by atoms with E-state index >= 15 is 0 Å². The third-order valence-electron chi connectivity index (χ3n) is 4.09. The Kier molecular flexibility index (Phi) is 8.77. The minimum Gasteiger partial charge on any atom is -0.481 e. The van der Waals surface area contributed by atoms with Crippen molar-refractivity contribution in [3.63, 3.8) is 0 Å². The van der Waals surface area contributed by atoms with Crippen LogP contribution >= 0.6 is 0 Å². The summed E-state index contributed by atoms with van der Waals surface area (Å²) in [4.78, 5) is 21.2. The van der Waals surface area contributed by atoms with Crippen LogP contribution in [0.15, 0.2) is 36.0 Å². The maximum Gasteiger partial charge on any atom is 0.307 e. The van der Waals surface area contributed by atoms with Crippen LogP contribution in [0.2, 0.25) is 0 Å². The van der Waals surface area contributed by atoms with E-state index in [4.69, 9.17) is 10.8 Å². The van der Waals surface area contributed by atoms with Gasteiger partial charge in [0, 0.05) is 13.0 Å². The zero-order valence-corrected chi connectivity index (χ0v) is 14.9. The Labute approximate surface area is 140 Å². The number of carbonyl (C=O) groups is 2. The Bertz CT molecular complexity index is 501. The van der Waals surface area contributed by atoms with E-state index in [0.717, 1.165) is 36.8 Å². The van der Waals surface area contributed by atoms with Gasteiger partial charge in [0.1, 0.15) is 0 Å². The van der Waals surface area contributed by atoms with Gasteiger partial charge in [-0.1, -0.05) is 37.6 Å². The fourth-order valence-electron chi connectivity index (χ4n) is 2.16. The van der Waals surface area contributed by atoms with Crippen LogP contribution < -0.4 is 5.73 Å². The summed E-state index contributed by atoms with van der Waals surface area (Å²) in [5.74, 6) is -0.394. The first kappa shape index (κ1) is 21.3. The van der Waals surface area contributed by atoms with Crippen molar-refractivity contribution in [3.8, 4) is 0 Å². The fourth-order valence-corrected chi connectivity index (χ4v) is 2.16. The van der Waals surface area contributed by atoms with Crippen LogP contribution in [0.4, 0.5) is 0 Å². The molecule has 2 aliphatic rings. The summed E-state index contributed by atoms with van der Waals surface area (Å²) in [6, 6.07) is 0. The van der Waals surface area contributed by atoms with Crippen LogP contribution in [0.5, 0.6) is 0 Å². The molecule has 0 saturated heterocycles. The zero-order valence-electron chi connectivity index (χ0n) is 14.9. The Morgan fingerprint density at radius 2 is 1.91 bits per heavy atom. The van der Waals surface area contributed by atoms with Crippen LogP contribution in [0.3, 0.4) is 0 Å². The van der Waals surface area contributed by atoms with Crippen molar-refractivity contribution in [1.82, 2.24) is 0 Å². The van der Waals surface area contributed by atoms with Crippen LogP contribution in [-0.4, -0.2) is 23.4 Å². The van der Waals surface area contributed by atoms with Gasteiger partial charge in [-0.05, 0) is 44.1 Å². The minimum absolute atomic E-state index is 0.0671. The predicted molar refractivity (Wildman–Crippen MR) is 95.1 cm³/mol. The maximum atomic E-state index is 11.1. The average Bonchev–Trinajstić information content (AvgIpc) is 3.01. The van der Waals surface area contributed by atoms with Gasteiger partial charge >= 0.3 is 5.97 Å². The minimum atomic E-state index is -0.644. The van der Waals surface area contributed by atoms with E-state index in [1.807, 2.05) is 27.7 Å². The molecule has 4 heteroatoms. The second-order valence-corrected chi connectivity index (χ2v) is 6.92. The van der Waals surface area contributed by atoms with Gasteiger partial charge in [-0.25, -0.2) is 0 Å². The van der Waals surface area contributed by atoms with E-state index in [2.05, 4.69) is 13.2 Å². The number of carbonyl (C=O) groups excluding carboxylic acids is 1. The number of hydrogen-bond acceptors (Lipinski definition) is 3. The quantitative estimate of drug-likeness (QED) is 0.770. The predicted octanol–water partition coefficient (Wildman–Crippen LogP) is 3.88. The van der Waals surface area contributed by atoms with Gasteiger partial charge in [0.2, 0.25) is 0 Å². The lowest BCUT2D eigenvalue weighted by molar-refractivity contribution is -0.139. The molecule has 130 valence electrons. The van der Waals surface area contributed by atoms with Crippen LogP contribution in [0.1, 0.15) is 53.4 Å². The molecule has 1 atom stereocenters. The van der Waals surface area contributed by atoms with E-state index in [-0.39, 0.29) is 11.3 Å². The normalized spacial score (nSPS) is 20.7. The Morgan fingerprint density at radius 3 is 2.09 bits per heavy atom. The van der Waals surface area contributed by atoms with Crippen LogP contribution in [0, 0.1) is 11.3 Å². The Hall–Kier alpha value is -1.68. The molecule has 0 spiro atoms. The highest BCUT2D eigenvalue weighted by Crippen LogP contribution is 2.51. The number of aliphatic carboxylic acids is 1. The van der Waals surface area contributed by atoms with Crippen molar-refractivity contribution in [2.24, 2.45) is 17.1 Å². The van der Waals surface area contributed by atoms with Crippen LogP contribution in [0.25, 0.3) is 0 Å². The molecule has 2 rings (SSSR count). The highest BCUT2D eigenvalue weighted by Gasteiger charge is 2.50. The molecule has 0 aromatic rings. The number of carboxylic acids is 1. The summed E-state index contributed by atoms with van der Waals surface area (Å²) >= 11 is 0. The molecule has 0 aliphatic heterocycles. The number of rotatable bonds is 4. The lowest BCUT2D eigenvalue weighted by atomic mass is 10.1. The molecular weight excluding hydrogens is 290 g/mol. The SMILES string of the molecule is C=C(C)CN.C=CCC1=C(C)CCC1=O.CC1(C)CC1C(=O)O. The third kappa shape index (κ3) is 7.93. The molecule has 0 bridgehead atoms. The van der Waals surface area contributed by atoms with E-state index in [1.165, 1.54) is 5.57 Å². The standard InChI is InChI=1S/C9H12O.C6H10O2.C4H9N/c1-3-4-8-7(2)5-6-9(8)10;1-6(2)3-4(6)5(7)8;1-4(2)3-5/h3H,1,4-6H2,2H3;4H,3H2,1-2H3,(H,7,8);1,3,5H2,2H3. The van der Waals surface area contributed by atoms with Crippen molar-refractivity contribution >= 4 is 11.8 Å². The molecule has 3 N–H and O–H groups in total. The van der Waals surface area contributed by atoms with Gasteiger partial charge in [-0.15, -0.1) is 6.58 Å².